The zero-order valence-electron chi connectivity index (χ0n) is 12.2. The molecule has 112 valence electrons. The molecule has 2 aromatic rings. The van der Waals surface area contributed by atoms with Gasteiger partial charge in [-0.25, -0.2) is 4.98 Å². The molecule has 0 fully saturated rings. The summed E-state index contributed by atoms with van der Waals surface area (Å²) in [6.07, 6.45) is 0. The zero-order chi connectivity index (χ0) is 15.6. The Morgan fingerprint density at radius 3 is 2.10 bits per heavy atom. The SMILES string of the molecule is COc1cc(-c2nc(C)c(C(N)=O)s2)cc(OC)c1OC. The quantitative estimate of drug-likeness (QED) is 0.916. The predicted octanol–water partition coefficient (Wildman–Crippen LogP) is 2.24. The monoisotopic (exact) mass is 308 g/mol. The van der Waals surface area contributed by atoms with Gasteiger partial charge in [-0.15, -0.1) is 11.3 Å². The number of benzene rings is 1. The second-order valence-electron chi connectivity index (χ2n) is 4.21. The van der Waals surface area contributed by atoms with Gasteiger partial charge in [0.15, 0.2) is 11.5 Å². The van der Waals surface area contributed by atoms with E-state index in [1.165, 1.54) is 11.3 Å². The summed E-state index contributed by atoms with van der Waals surface area (Å²) in [5, 5.41) is 0.667. The van der Waals surface area contributed by atoms with Crippen molar-refractivity contribution in [1.82, 2.24) is 4.98 Å². The highest BCUT2D eigenvalue weighted by Crippen LogP contribution is 2.42. The van der Waals surface area contributed by atoms with Crippen LogP contribution in [0.15, 0.2) is 12.1 Å². The first kappa shape index (κ1) is 15.1. The smallest absolute Gasteiger partial charge is 0.260 e. The Hall–Kier alpha value is -2.28. The first-order valence-electron chi connectivity index (χ1n) is 6.09. The molecule has 1 aromatic heterocycles. The molecule has 6 nitrogen and oxygen atoms in total. The highest BCUT2D eigenvalue weighted by Gasteiger charge is 2.18. The van der Waals surface area contributed by atoms with Crippen molar-refractivity contribution in [3.8, 4) is 27.8 Å². The molecule has 2 N–H and O–H groups in total. The number of methoxy groups -OCH3 is 3. The molecule has 0 bridgehead atoms. The van der Waals surface area contributed by atoms with Crippen molar-refractivity contribution in [2.45, 2.75) is 6.92 Å². The Balaban J connectivity index is 2.59. The number of nitrogens with two attached hydrogens (primary N) is 1. The van der Waals surface area contributed by atoms with Gasteiger partial charge in [0.2, 0.25) is 5.75 Å². The molecule has 1 amide bonds. The Kier molecular flexibility index (Phi) is 4.32. The van der Waals surface area contributed by atoms with Crippen LogP contribution in [0, 0.1) is 6.92 Å². The molecule has 7 heteroatoms. The third kappa shape index (κ3) is 2.78. The average Bonchev–Trinajstić information content (AvgIpc) is 2.87. The largest absolute Gasteiger partial charge is 0.493 e. The van der Waals surface area contributed by atoms with Crippen molar-refractivity contribution < 1.29 is 19.0 Å². The molecule has 0 aliphatic carbocycles. The van der Waals surface area contributed by atoms with Crippen LogP contribution in [0.5, 0.6) is 17.2 Å². The molecule has 0 atom stereocenters. The fraction of sp³-hybridized carbons (Fsp3) is 0.286. The van der Waals surface area contributed by atoms with E-state index in [2.05, 4.69) is 4.98 Å². The number of rotatable bonds is 5. The number of hydrogen-bond acceptors (Lipinski definition) is 6. The molecule has 0 spiro atoms. The lowest BCUT2D eigenvalue weighted by atomic mass is 10.2. The van der Waals surface area contributed by atoms with Crippen molar-refractivity contribution in [2.24, 2.45) is 5.73 Å². The van der Waals surface area contributed by atoms with Crippen LogP contribution in [-0.2, 0) is 0 Å². The summed E-state index contributed by atoms with van der Waals surface area (Å²) in [6, 6.07) is 3.56. The van der Waals surface area contributed by atoms with Gasteiger partial charge in [-0.3, -0.25) is 4.79 Å². The van der Waals surface area contributed by atoms with Crippen molar-refractivity contribution in [1.29, 1.82) is 0 Å². The Morgan fingerprint density at radius 1 is 1.14 bits per heavy atom. The van der Waals surface area contributed by atoms with Crippen LogP contribution in [0.2, 0.25) is 0 Å². The van der Waals surface area contributed by atoms with E-state index in [0.29, 0.717) is 32.8 Å². The van der Waals surface area contributed by atoms with Crippen molar-refractivity contribution in [3.63, 3.8) is 0 Å². The molecule has 0 unspecified atom stereocenters. The van der Waals surface area contributed by atoms with Crippen molar-refractivity contribution in [3.05, 3.63) is 22.7 Å². The molecule has 1 heterocycles. The van der Waals surface area contributed by atoms with E-state index in [1.807, 2.05) is 0 Å². The Morgan fingerprint density at radius 2 is 1.71 bits per heavy atom. The van der Waals surface area contributed by atoms with Gasteiger partial charge in [0.05, 0.1) is 27.0 Å². The van der Waals surface area contributed by atoms with Gasteiger partial charge in [0.25, 0.3) is 5.91 Å². The van der Waals surface area contributed by atoms with E-state index < -0.39 is 5.91 Å². The van der Waals surface area contributed by atoms with Gasteiger partial charge >= 0.3 is 0 Å². The first-order valence-corrected chi connectivity index (χ1v) is 6.91. The zero-order valence-corrected chi connectivity index (χ0v) is 13.0. The molecule has 0 saturated heterocycles. The fourth-order valence-electron chi connectivity index (χ4n) is 1.95. The van der Waals surface area contributed by atoms with E-state index in [1.54, 1.807) is 40.4 Å². The Labute approximate surface area is 126 Å². The minimum Gasteiger partial charge on any atom is -0.493 e. The summed E-state index contributed by atoms with van der Waals surface area (Å²) in [5.41, 5.74) is 6.70. The van der Waals surface area contributed by atoms with Crippen LogP contribution < -0.4 is 19.9 Å². The number of carbonyl (C=O) groups is 1. The highest BCUT2D eigenvalue weighted by atomic mass is 32.1. The lowest BCUT2D eigenvalue weighted by Gasteiger charge is -2.13. The summed E-state index contributed by atoms with van der Waals surface area (Å²) in [4.78, 5) is 16.2. The number of nitrogens with zero attached hydrogens (tertiary/aromatic N) is 1. The number of ether oxygens (including phenoxy) is 3. The average molecular weight is 308 g/mol. The van der Waals surface area contributed by atoms with E-state index in [4.69, 9.17) is 19.9 Å². The topological polar surface area (TPSA) is 83.7 Å². The maximum Gasteiger partial charge on any atom is 0.260 e. The maximum atomic E-state index is 11.3. The second-order valence-corrected chi connectivity index (χ2v) is 5.21. The molecule has 1 aromatic carbocycles. The molecule has 0 saturated carbocycles. The number of carbonyl (C=O) groups excluding carboxylic acids is 1. The van der Waals surface area contributed by atoms with E-state index in [9.17, 15) is 4.79 Å². The van der Waals surface area contributed by atoms with E-state index in [-0.39, 0.29) is 0 Å². The third-order valence-corrected chi connectivity index (χ3v) is 4.15. The number of amides is 1. The normalized spacial score (nSPS) is 10.3. The number of primary amides is 1. The number of aryl methyl sites for hydroxylation is 1. The van der Waals surface area contributed by atoms with E-state index >= 15 is 0 Å². The summed E-state index contributed by atoms with van der Waals surface area (Å²) < 4.78 is 15.9. The Bertz CT molecular complexity index is 657. The number of aromatic nitrogens is 1. The second kappa shape index (κ2) is 6.01. The van der Waals surface area contributed by atoms with Gasteiger partial charge < -0.3 is 19.9 Å². The molecule has 21 heavy (non-hydrogen) atoms. The molecule has 0 aliphatic heterocycles. The molecule has 0 radical (unpaired) electrons. The van der Waals surface area contributed by atoms with Crippen LogP contribution in [-0.4, -0.2) is 32.2 Å². The van der Waals surface area contributed by atoms with Gasteiger partial charge in [-0.05, 0) is 19.1 Å². The van der Waals surface area contributed by atoms with Crippen LogP contribution in [0.25, 0.3) is 10.6 Å². The lowest BCUT2D eigenvalue weighted by Crippen LogP contribution is -2.09. The number of hydrogen-bond donors (Lipinski definition) is 1. The predicted molar refractivity (Wildman–Crippen MR) is 80.5 cm³/mol. The molecule has 2 rings (SSSR count). The summed E-state index contributed by atoms with van der Waals surface area (Å²) in [5.74, 6) is 1.08. The van der Waals surface area contributed by atoms with Gasteiger partial charge in [0.1, 0.15) is 9.88 Å². The van der Waals surface area contributed by atoms with Gasteiger partial charge in [-0.2, -0.15) is 0 Å². The number of thiazole rings is 1. The lowest BCUT2D eigenvalue weighted by molar-refractivity contribution is 0.100. The van der Waals surface area contributed by atoms with Crippen molar-refractivity contribution >= 4 is 17.2 Å². The summed E-state index contributed by atoms with van der Waals surface area (Å²) in [6.45, 7) is 1.75. The minimum absolute atomic E-state index is 0.443. The molecular weight excluding hydrogens is 292 g/mol. The van der Waals surface area contributed by atoms with Gasteiger partial charge in [0, 0.05) is 5.56 Å². The van der Waals surface area contributed by atoms with Crippen LogP contribution >= 0.6 is 11.3 Å². The molecule has 0 aliphatic rings. The highest BCUT2D eigenvalue weighted by molar-refractivity contribution is 7.17. The van der Waals surface area contributed by atoms with Crippen molar-refractivity contribution in [2.75, 3.05) is 21.3 Å². The standard InChI is InChI=1S/C14H16N2O4S/c1-7-12(13(15)17)21-14(16-7)8-5-9(18-2)11(20-4)10(6-8)19-3/h5-6H,1-4H3,(H2,15,17). The van der Waals surface area contributed by atoms with E-state index in [0.717, 1.165) is 5.56 Å². The maximum absolute atomic E-state index is 11.3. The summed E-state index contributed by atoms with van der Waals surface area (Å²) in [7, 11) is 4.63. The fourth-order valence-corrected chi connectivity index (χ4v) is 2.86. The third-order valence-electron chi connectivity index (χ3n) is 2.93. The first-order chi connectivity index (χ1) is 10.0. The van der Waals surface area contributed by atoms with Crippen LogP contribution in [0.4, 0.5) is 0 Å². The summed E-state index contributed by atoms with van der Waals surface area (Å²) >= 11 is 1.23. The van der Waals surface area contributed by atoms with Crippen LogP contribution in [0.3, 0.4) is 0 Å². The molecular formula is C14H16N2O4S. The minimum atomic E-state index is -0.483. The van der Waals surface area contributed by atoms with Gasteiger partial charge in [-0.1, -0.05) is 0 Å². The van der Waals surface area contributed by atoms with Crippen LogP contribution in [0.1, 0.15) is 15.4 Å².